The van der Waals surface area contributed by atoms with E-state index >= 15 is 0 Å². The maximum Gasteiger partial charge on any atom is 0.405 e. The van der Waals surface area contributed by atoms with Crippen LogP contribution in [0, 0.1) is 0 Å². The molecular weight excluding hydrogens is 422 g/mol. The Labute approximate surface area is 188 Å². The molecule has 3 aromatic heterocycles. The molecular formula is C23H21N7O3. The standard InChI is InChI=1S/C23H21N7O3/c1-2-16(33-23(25)32)11-30-12-17(19-20(24)27-13-28-21(19)30)14-6-8-15(9-7-14)22(31)29-18-5-3-4-10-26-18/h2-10,12-13,16H,1,11H2,(H2,25,32)(H2,24,27,28)(H,26,29,31)/t16-/m0/s1. The molecule has 0 saturated carbocycles. The predicted molar refractivity (Wildman–Crippen MR) is 124 cm³/mol. The van der Waals surface area contributed by atoms with Crippen molar-refractivity contribution in [3.05, 3.63) is 79.4 Å². The molecule has 4 aromatic rings. The highest BCUT2D eigenvalue weighted by molar-refractivity contribution is 6.05. The minimum absolute atomic E-state index is 0.240. The average Bonchev–Trinajstić information content (AvgIpc) is 3.18. The van der Waals surface area contributed by atoms with Crippen molar-refractivity contribution in [1.82, 2.24) is 19.5 Å². The zero-order valence-corrected chi connectivity index (χ0v) is 17.5. The van der Waals surface area contributed by atoms with Gasteiger partial charge in [0, 0.05) is 23.5 Å². The summed E-state index contributed by atoms with van der Waals surface area (Å²) in [4.78, 5) is 36.2. The van der Waals surface area contributed by atoms with Crippen molar-refractivity contribution < 1.29 is 14.3 Å². The molecule has 0 radical (unpaired) electrons. The number of benzene rings is 1. The van der Waals surface area contributed by atoms with Crippen LogP contribution in [0.25, 0.3) is 22.2 Å². The van der Waals surface area contributed by atoms with Crippen LogP contribution in [0.3, 0.4) is 0 Å². The van der Waals surface area contributed by atoms with Gasteiger partial charge in [0.15, 0.2) is 0 Å². The van der Waals surface area contributed by atoms with Crippen molar-refractivity contribution in [2.75, 3.05) is 11.1 Å². The van der Waals surface area contributed by atoms with E-state index in [-0.39, 0.29) is 12.5 Å². The number of nitrogens with two attached hydrogens (primary N) is 2. The quantitative estimate of drug-likeness (QED) is 0.371. The highest BCUT2D eigenvalue weighted by atomic mass is 16.6. The van der Waals surface area contributed by atoms with E-state index in [1.165, 1.54) is 12.4 Å². The lowest BCUT2D eigenvalue weighted by atomic mass is 10.0. The van der Waals surface area contributed by atoms with E-state index in [9.17, 15) is 9.59 Å². The summed E-state index contributed by atoms with van der Waals surface area (Å²) < 4.78 is 6.86. The van der Waals surface area contributed by atoms with E-state index in [0.29, 0.717) is 28.2 Å². The number of nitrogen functional groups attached to an aromatic ring is 1. The first kappa shape index (κ1) is 21.5. The van der Waals surface area contributed by atoms with Crippen LogP contribution < -0.4 is 16.8 Å². The fraction of sp³-hybridized carbons (Fsp3) is 0.0870. The van der Waals surface area contributed by atoms with E-state index in [1.807, 2.05) is 18.3 Å². The number of amides is 2. The Bertz CT molecular complexity index is 1320. The maximum atomic E-state index is 12.5. The number of aromatic nitrogens is 4. The summed E-state index contributed by atoms with van der Waals surface area (Å²) in [5.74, 6) is 0.495. The average molecular weight is 443 g/mol. The topological polar surface area (TPSA) is 151 Å². The Hall–Kier alpha value is -4.73. The molecule has 1 aromatic carbocycles. The van der Waals surface area contributed by atoms with Gasteiger partial charge in [-0.3, -0.25) is 4.79 Å². The van der Waals surface area contributed by atoms with E-state index < -0.39 is 12.2 Å². The summed E-state index contributed by atoms with van der Waals surface area (Å²) >= 11 is 0. The van der Waals surface area contributed by atoms with Crippen LogP contribution in [-0.4, -0.2) is 37.6 Å². The molecule has 3 heterocycles. The molecule has 33 heavy (non-hydrogen) atoms. The van der Waals surface area contributed by atoms with E-state index in [1.54, 1.807) is 41.1 Å². The molecule has 2 amide bonds. The molecule has 0 spiro atoms. The van der Waals surface area contributed by atoms with Gasteiger partial charge in [-0.25, -0.2) is 19.7 Å². The third kappa shape index (κ3) is 4.64. The van der Waals surface area contributed by atoms with Gasteiger partial charge in [0.25, 0.3) is 5.91 Å². The second-order valence-electron chi connectivity index (χ2n) is 7.11. The highest BCUT2D eigenvalue weighted by Gasteiger charge is 2.18. The van der Waals surface area contributed by atoms with Gasteiger partial charge in [-0.15, -0.1) is 0 Å². The lowest BCUT2D eigenvalue weighted by Crippen LogP contribution is -2.25. The first-order chi connectivity index (χ1) is 16.0. The van der Waals surface area contributed by atoms with Crippen LogP contribution >= 0.6 is 0 Å². The minimum Gasteiger partial charge on any atom is -0.440 e. The fourth-order valence-electron chi connectivity index (χ4n) is 3.43. The molecule has 0 bridgehead atoms. The molecule has 10 nitrogen and oxygen atoms in total. The summed E-state index contributed by atoms with van der Waals surface area (Å²) in [6.45, 7) is 3.92. The second-order valence-corrected chi connectivity index (χ2v) is 7.11. The Balaban J connectivity index is 1.66. The number of fused-ring (bicyclic) bond motifs is 1. The number of hydrogen-bond acceptors (Lipinski definition) is 7. The third-order valence-corrected chi connectivity index (χ3v) is 4.95. The first-order valence-electron chi connectivity index (χ1n) is 9.97. The maximum absolute atomic E-state index is 12.5. The third-order valence-electron chi connectivity index (χ3n) is 4.95. The van der Waals surface area contributed by atoms with Gasteiger partial charge in [-0.1, -0.05) is 24.8 Å². The van der Waals surface area contributed by atoms with Crippen molar-refractivity contribution in [2.24, 2.45) is 5.73 Å². The van der Waals surface area contributed by atoms with Crippen LogP contribution in [0.2, 0.25) is 0 Å². The van der Waals surface area contributed by atoms with Crippen molar-refractivity contribution >= 4 is 34.7 Å². The number of carbonyl (C=O) groups is 2. The molecule has 10 heteroatoms. The lowest BCUT2D eigenvalue weighted by Gasteiger charge is -2.13. The van der Waals surface area contributed by atoms with Gasteiger partial charge in [0.2, 0.25) is 0 Å². The van der Waals surface area contributed by atoms with Gasteiger partial charge < -0.3 is 26.1 Å². The number of ether oxygens (including phenoxy) is 1. The second kappa shape index (κ2) is 9.18. The number of primary amides is 1. The van der Waals surface area contributed by atoms with Crippen LogP contribution in [0.4, 0.5) is 16.4 Å². The Morgan fingerprint density at radius 1 is 1.15 bits per heavy atom. The molecule has 0 saturated heterocycles. The zero-order valence-electron chi connectivity index (χ0n) is 17.5. The SMILES string of the molecule is C=C[C@@H](Cn1cc(-c2ccc(C(=O)Nc3ccccn3)cc2)c2c(N)ncnc21)OC(N)=O. The summed E-state index contributed by atoms with van der Waals surface area (Å²) in [7, 11) is 0. The fourth-order valence-corrected chi connectivity index (χ4v) is 3.43. The number of nitrogens with one attached hydrogen (secondary N) is 1. The van der Waals surface area contributed by atoms with Crippen molar-refractivity contribution in [3.8, 4) is 11.1 Å². The monoisotopic (exact) mass is 443 g/mol. The Morgan fingerprint density at radius 3 is 2.61 bits per heavy atom. The van der Waals surface area contributed by atoms with E-state index in [0.717, 1.165) is 11.1 Å². The van der Waals surface area contributed by atoms with Gasteiger partial charge in [0.1, 0.15) is 29.7 Å². The summed E-state index contributed by atoms with van der Waals surface area (Å²) in [6.07, 6.45) is 4.73. The molecule has 1 atom stereocenters. The Kier molecular flexibility index (Phi) is 5.98. The minimum atomic E-state index is -0.898. The largest absolute Gasteiger partial charge is 0.440 e. The van der Waals surface area contributed by atoms with Crippen molar-refractivity contribution in [3.63, 3.8) is 0 Å². The predicted octanol–water partition coefficient (Wildman–Crippen LogP) is 2.98. The lowest BCUT2D eigenvalue weighted by molar-refractivity contribution is 0.102. The summed E-state index contributed by atoms with van der Waals surface area (Å²) in [6, 6.07) is 12.3. The number of nitrogens with zero attached hydrogens (tertiary/aromatic N) is 4. The molecule has 0 fully saturated rings. The molecule has 5 N–H and O–H groups in total. The van der Waals surface area contributed by atoms with Gasteiger partial charge in [-0.05, 0) is 35.9 Å². The van der Waals surface area contributed by atoms with Gasteiger partial charge in [0.05, 0.1) is 11.9 Å². The highest BCUT2D eigenvalue weighted by Crippen LogP contribution is 2.33. The zero-order chi connectivity index (χ0) is 23.4. The first-order valence-corrected chi connectivity index (χ1v) is 9.97. The molecule has 0 aliphatic carbocycles. The van der Waals surface area contributed by atoms with Crippen molar-refractivity contribution in [2.45, 2.75) is 12.6 Å². The molecule has 0 unspecified atom stereocenters. The number of carbonyl (C=O) groups excluding carboxylic acids is 2. The van der Waals surface area contributed by atoms with Crippen LogP contribution in [0.1, 0.15) is 10.4 Å². The van der Waals surface area contributed by atoms with Crippen molar-refractivity contribution in [1.29, 1.82) is 0 Å². The van der Waals surface area contributed by atoms with E-state index in [4.69, 9.17) is 16.2 Å². The van der Waals surface area contributed by atoms with Crippen LogP contribution in [0.15, 0.2) is 73.8 Å². The molecule has 4 rings (SSSR count). The van der Waals surface area contributed by atoms with Gasteiger partial charge >= 0.3 is 6.09 Å². The van der Waals surface area contributed by atoms with Crippen LogP contribution in [-0.2, 0) is 11.3 Å². The summed E-state index contributed by atoms with van der Waals surface area (Å²) in [5.41, 5.74) is 13.9. The number of pyridine rings is 1. The Morgan fingerprint density at radius 2 is 1.94 bits per heavy atom. The van der Waals surface area contributed by atoms with Gasteiger partial charge in [-0.2, -0.15) is 0 Å². The smallest absolute Gasteiger partial charge is 0.405 e. The normalized spacial score (nSPS) is 11.6. The molecule has 0 aliphatic rings. The number of rotatable bonds is 7. The van der Waals surface area contributed by atoms with E-state index in [2.05, 4.69) is 26.8 Å². The summed E-state index contributed by atoms with van der Waals surface area (Å²) in [5, 5.41) is 3.39. The number of anilines is 2. The number of hydrogen-bond donors (Lipinski definition) is 3. The molecule has 166 valence electrons. The molecule has 0 aliphatic heterocycles. The van der Waals surface area contributed by atoms with Crippen LogP contribution in [0.5, 0.6) is 0 Å².